The van der Waals surface area contributed by atoms with Gasteiger partial charge < -0.3 is 4.84 Å². The van der Waals surface area contributed by atoms with Crippen LogP contribution in [0.15, 0.2) is 0 Å². The molecular formula is C7H17NO. The molecule has 0 spiro atoms. The number of hydroxylamine groups is 1. The highest BCUT2D eigenvalue weighted by Crippen LogP contribution is 2.09. The summed E-state index contributed by atoms with van der Waals surface area (Å²) in [6.07, 6.45) is 0. The number of hydrogen-bond acceptors (Lipinski definition) is 2. The van der Waals surface area contributed by atoms with Crippen molar-refractivity contribution >= 4 is 0 Å². The molecule has 2 nitrogen and oxygen atoms in total. The molecule has 2 heteroatoms. The molecule has 0 aromatic rings. The van der Waals surface area contributed by atoms with Gasteiger partial charge in [0.05, 0.1) is 6.61 Å². The Morgan fingerprint density at radius 1 is 1.33 bits per heavy atom. The SMILES string of the molecule is CCONCC(C)(C)C. The Kier molecular flexibility index (Phi) is 3.82. The predicted octanol–water partition coefficient (Wildman–Crippen LogP) is 1.57. The lowest BCUT2D eigenvalue weighted by atomic mass is 9.98. The van der Waals surface area contributed by atoms with Gasteiger partial charge in [-0.3, -0.25) is 0 Å². The first-order chi connectivity index (χ1) is 4.06. The second-order valence-electron chi connectivity index (χ2n) is 3.31. The lowest BCUT2D eigenvalue weighted by Gasteiger charge is -2.17. The molecule has 0 aromatic heterocycles. The van der Waals surface area contributed by atoms with Crippen LogP contribution in [0.3, 0.4) is 0 Å². The van der Waals surface area contributed by atoms with Crippen LogP contribution in [-0.4, -0.2) is 13.2 Å². The topological polar surface area (TPSA) is 21.3 Å². The van der Waals surface area contributed by atoms with E-state index in [1.54, 1.807) is 0 Å². The average Bonchev–Trinajstić information content (AvgIpc) is 1.63. The zero-order valence-corrected chi connectivity index (χ0v) is 6.82. The number of rotatable bonds is 3. The lowest BCUT2D eigenvalue weighted by Crippen LogP contribution is -2.26. The minimum absolute atomic E-state index is 0.315. The van der Waals surface area contributed by atoms with Crippen molar-refractivity contribution in [3.05, 3.63) is 0 Å². The summed E-state index contributed by atoms with van der Waals surface area (Å²) in [6.45, 7) is 10.1. The maximum absolute atomic E-state index is 4.96. The smallest absolute Gasteiger partial charge is 0.0653 e. The van der Waals surface area contributed by atoms with Crippen molar-refractivity contribution < 1.29 is 4.84 Å². The van der Waals surface area contributed by atoms with Crippen molar-refractivity contribution in [2.45, 2.75) is 27.7 Å². The predicted molar refractivity (Wildman–Crippen MR) is 39.1 cm³/mol. The van der Waals surface area contributed by atoms with E-state index in [4.69, 9.17) is 4.84 Å². The Balaban J connectivity index is 3.07. The van der Waals surface area contributed by atoms with Gasteiger partial charge in [-0.1, -0.05) is 20.8 Å². The van der Waals surface area contributed by atoms with E-state index in [2.05, 4.69) is 26.3 Å². The number of nitrogens with one attached hydrogen (secondary N) is 1. The molecule has 0 heterocycles. The Bertz CT molecular complexity index is 65.8. The minimum atomic E-state index is 0.315. The molecule has 0 bridgehead atoms. The maximum atomic E-state index is 4.96. The highest BCUT2D eigenvalue weighted by Gasteiger charge is 2.08. The van der Waals surface area contributed by atoms with Gasteiger partial charge >= 0.3 is 0 Å². The summed E-state index contributed by atoms with van der Waals surface area (Å²) in [5.74, 6) is 0. The monoisotopic (exact) mass is 131 g/mol. The lowest BCUT2D eigenvalue weighted by molar-refractivity contribution is 0.0326. The Hall–Kier alpha value is -0.0800. The molecule has 0 atom stereocenters. The largest absolute Gasteiger partial charge is 0.302 e. The highest BCUT2D eigenvalue weighted by molar-refractivity contribution is 4.60. The van der Waals surface area contributed by atoms with E-state index in [1.807, 2.05) is 6.92 Å². The minimum Gasteiger partial charge on any atom is -0.302 e. The van der Waals surface area contributed by atoms with E-state index in [1.165, 1.54) is 0 Å². The fraction of sp³-hybridized carbons (Fsp3) is 1.00. The highest BCUT2D eigenvalue weighted by atomic mass is 16.6. The molecule has 0 aliphatic heterocycles. The molecule has 0 unspecified atom stereocenters. The van der Waals surface area contributed by atoms with Crippen LogP contribution in [0.25, 0.3) is 0 Å². The molecule has 0 saturated carbocycles. The Morgan fingerprint density at radius 3 is 2.22 bits per heavy atom. The molecule has 0 aliphatic rings. The average molecular weight is 131 g/mol. The van der Waals surface area contributed by atoms with Crippen molar-refractivity contribution in [2.75, 3.05) is 13.2 Å². The zero-order chi connectivity index (χ0) is 7.33. The molecule has 0 fully saturated rings. The number of hydrogen-bond donors (Lipinski definition) is 1. The second kappa shape index (κ2) is 3.85. The first-order valence-corrected chi connectivity index (χ1v) is 3.41. The van der Waals surface area contributed by atoms with E-state index in [9.17, 15) is 0 Å². The van der Waals surface area contributed by atoms with E-state index in [0.29, 0.717) is 5.41 Å². The quantitative estimate of drug-likeness (QED) is 0.463. The third-order valence-electron chi connectivity index (χ3n) is 0.849. The summed E-state index contributed by atoms with van der Waals surface area (Å²) in [5, 5.41) is 0. The molecule has 0 aliphatic carbocycles. The molecule has 0 rings (SSSR count). The second-order valence-corrected chi connectivity index (χ2v) is 3.31. The standard InChI is InChI=1S/C7H17NO/c1-5-9-8-6-7(2,3)4/h8H,5-6H2,1-4H3. The third kappa shape index (κ3) is 7.92. The summed E-state index contributed by atoms with van der Waals surface area (Å²) in [7, 11) is 0. The van der Waals surface area contributed by atoms with E-state index >= 15 is 0 Å². The van der Waals surface area contributed by atoms with Crippen molar-refractivity contribution in [3.8, 4) is 0 Å². The van der Waals surface area contributed by atoms with Crippen LogP contribution in [0.2, 0.25) is 0 Å². The molecule has 56 valence electrons. The van der Waals surface area contributed by atoms with Crippen molar-refractivity contribution in [2.24, 2.45) is 5.41 Å². The maximum Gasteiger partial charge on any atom is 0.0653 e. The van der Waals surface area contributed by atoms with Gasteiger partial charge in [0.15, 0.2) is 0 Å². The Morgan fingerprint density at radius 2 is 1.89 bits per heavy atom. The van der Waals surface area contributed by atoms with Gasteiger partial charge in [-0.2, -0.15) is 0 Å². The van der Waals surface area contributed by atoms with Crippen LogP contribution in [0.1, 0.15) is 27.7 Å². The van der Waals surface area contributed by atoms with Gasteiger partial charge in [0.1, 0.15) is 0 Å². The summed E-state index contributed by atoms with van der Waals surface area (Å²) < 4.78 is 0. The molecule has 0 saturated heterocycles. The molecule has 0 amide bonds. The van der Waals surface area contributed by atoms with Crippen molar-refractivity contribution in [3.63, 3.8) is 0 Å². The van der Waals surface area contributed by atoms with Gasteiger partial charge in [0.25, 0.3) is 0 Å². The normalized spacial score (nSPS) is 12.0. The van der Waals surface area contributed by atoms with Crippen molar-refractivity contribution in [1.82, 2.24) is 5.48 Å². The van der Waals surface area contributed by atoms with Gasteiger partial charge in [-0.05, 0) is 12.3 Å². The van der Waals surface area contributed by atoms with Crippen LogP contribution in [-0.2, 0) is 4.84 Å². The molecule has 0 radical (unpaired) electrons. The van der Waals surface area contributed by atoms with Crippen molar-refractivity contribution in [1.29, 1.82) is 0 Å². The van der Waals surface area contributed by atoms with E-state index in [-0.39, 0.29) is 0 Å². The summed E-state index contributed by atoms with van der Waals surface area (Å²) in [6, 6.07) is 0. The molecule has 0 aromatic carbocycles. The summed E-state index contributed by atoms with van der Waals surface area (Å²) >= 11 is 0. The van der Waals surface area contributed by atoms with E-state index in [0.717, 1.165) is 13.2 Å². The van der Waals surface area contributed by atoms with Gasteiger partial charge in [-0.25, -0.2) is 5.48 Å². The van der Waals surface area contributed by atoms with Gasteiger partial charge in [0, 0.05) is 6.54 Å². The van der Waals surface area contributed by atoms with Crippen LogP contribution < -0.4 is 5.48 Å². The van der Waals surface area contributed by atoms with Gasteiger partial charge in [-0.15, -0.1) is 0 Å². The molecule has 1 N–H and O–H groups in total. The molecular weight excluding hydrogens is 114 g/mol. The summed E-state index contributed by atoms with van der Waals surface area (Å²) in [4.78, 5) is 4.96. The van der Waals surface area contributed by atoms with Crippen LogP contribution in [0.4, 0.5) is 0 Å². The first-order valence-electron chi connectivity index (χ1n) is 3.41. The van der Waals surface area contributed by atoms with Crippen LogP contribution in [0.5, 0.6) is 0 Å². The molecule has 9 heavy (non-hydrogen) atoms. The fourth-order valence-corrected chi connectivity index (χ4v) is 0.370. The Labute approximate surface area is 57.5 Å². The zero-order valence-electron chi connectivity index (χ0n) is 6.82. The van der Waals surface area contributed by atoms with Gasteiger partial charge in [0.2, 0.25) is 0 Å². The summed E-state index contributed by atoms with van der Waals surface area (Å²) in [5.41, 5.74) is 3.19. The van der Waals surface area contributed by atoms with Crippen LogP contribution in [0, 0.1) is 5.41 Å². The third-order valence-corrected chi connectivity index (χ3v) is 0.849. The van der Waals surface area contributed by atoms with Crippen LogP contribution >= 0.6 is 0 Å². The van der Waals surface area contributed by atoms with E-state index < -0.39 is 0 Å². The first kappa shape index (κ1) is 8.92. The fourth-order valence-electron chi connectivity index (χ4n) is 0.370.